The molecule has 0 aliphatic heterocycles. The third-order valence-electron chi connectivity index (χ3n) is 3.34. The van der Waals surface area contributed by atoms with E-state index in [1.54, 1.807) is 0 Å². The Morgan fingerprint density at radius 1 is 1.22 bits per heavy atom. The van der Waals surface area contributed by atoms with E-state index in [4.69, 9.17) is 0 Å². The quantitative estimate of drug-likeness (QED) is 0.691. The summed E-state index contributed by atoms with van der Waals surface area (Å²) in [6, 6.07) is 9.34. The van der Waals surface area contributed by atoms with Gasteiger partial charge in [-0.25, -0.2) is 0 Å². The highest BCUT2D eigenvalue weighted by Gasteiger charge is 2.24. The molecule has 0 fully saturated rings. The number of aliphatic hydroxyl groups is 1. The molecule has 0 aliphatic rings. The number of aliphatic hydroxyl groups excluding tert-OH is 1. The van der Waals surface area contributed by atoms with Gasteiger partial charge in [-0.2, -0.15) is 0 Å². The summed E-state index contributed by atoms with van der Waals surface area (Å²) >= 11 is 0. The van der Waals surface area contributed by atoms with Gasteiger partial charge in [0.05, 0.1) is 13.2 Å². The predicted molar refractivity (Wildman–Crippen MR) is 73.5 cm³/mol. The average molecular weight is 250 g/mol. The van der Waals surface area contributed by atoms with Gasteiger partial charge < -0.3 is 15.7 Å². The number of nitrogens with one attached hydrogen (secondary N) is 2. The number of hydrogen-bond acceptors (Lipinski definition) is 3. The van der Waals surface area contributed by atoms with Crippen LogP contribution in [0.25, 0.3) is 0 Å². The van der Waals surface area contributed by atoms with Crippen molar-refractivity contribution in [3.63, 3.8) is 0 Å². The van der Waals surface area contributed by atoms with Crippen LogP contribution in [0.4, 0.5) is 5.69 Å². The third kappa shape index (κ3) is 4.13. The maximum Gasteiger partial charge on any atom is 0.238 e. The van der Waals surface area contributed by atoms with Gasteiger partial charge in [-0.05, 0) is 25.0 Å². The molecule has 18 heavy (non-hydrogen) atoms. The van der Waals surface area contributed by atoms with Gasteiger partial charge in [-0.3, -0.25) is 4.79 Å². The fourth-order valence-corrected chi connectivity index (χ4v) is 1.77. The molecule has 1 aromatic carbocycles. The Bertz CT molecular complexity index is 353. The Balaban J connectivity index is 2.46. The first-order valence-electron chi connectivity index (χ1n) is 6.36. The normalized spacial score (nSPS) is 11.3. The minimum absolute atomic E-state index is 0.0403. The van der Waals surface area contributed by atoms with Crippen LogP contribution in [-0.2, 0) is 4.79 Å². The van der Waals surface area contributed by atoms with Gasteiger partial charge in [0.25, 0.3) is 0 Å². The lowest BCUT2D eigenvalue weighted by molar-refractivity contribution is -0.115. The van der Waals surface area contributed by atoms with E-state index in [0.29, 0.717) is 0 Å². The van der Waals surface area contributed by atoms with Crippen molar-refractivity contribution in [3.05, 3.63) is 30.3 Å². The van der Waals surface area contributed by atoms with Crippen molar-refractivity contribution in [3.8, 4) is 0 Å². The van der Waals surface area contributed by atoms with Gasteiger partial charge in [0.1, 0.15) is 0 Å². The summed E-state index contributed by atoms with van der Waals surface area (Å²) in [5.74, 6) is -0.0964. The Labute approximate surface area is 108 Å². The Hall–Kier alpha value is -1.39. The number of anilines is 1. The van der Waals surface area contributed by atoms with E-state index >= 15 is 0 Å². The lowest BCUT2D eigenvalue weighted by Crippen LogP contribution is -2.50. The van der Waals surface area contributed by atoms with Crippen LogP contribution in [0, 0.1) is 0 Å². The topological polar surface area (TPSA) is 61.4 Å². The molecular weight excluding hydrogens is 228 g/mol. The fraction of sp³-hybridized carbons (Fsp3) is 0.500. The van der Waals surface area contributed by atoms with Crippen molar-refractivity contribution >= 4 is 11.6 Å². The maximum absolute atomic E-state index is 11.8. The van der Waals surface area contributed by atoms with E-state index in [1.807, 2.05) is 44.2 Å². The van der Waals surface area contributed by atoms with Gasteiger partial charge in [0.2, 0.25) is 5.91 Å². The zero-order chi connectivity index (χ0) is 13.4. The monoisotopic (exact) mass is 250 g/mol. The van der Waals surface area contributed by atoms with Crippen molar-refractivity contribution in [2.45, 2.75) is 32.2 Å². The summed E-state index contributed by atoms with van der Waals surface area (Å²) in [7, 11) is 0. The fourth-order valence-electron chi connectivity index (χ4n) is 1.77. The first kappa shape index (κ1) is 14.7. The molecule has 4 nitrogen and oxygen atoms in total. The lowest BCUT2D eigenvalue weighted by Gasteiger charge is -2.30. The highest BCUT2D eigenvalue weighted by atomic mass is 16.3. The standard InChI is InChI=1S/C14H22N2O2/c1-3-14(4-2,11-17)15-10-13(18)16-12-8-6-5-7-9-12/h5-9,15,17H,3-4,10-11H2,1-2H3,(H,16,18). The van der Waals surface area contributed by atoms with E-state index in [2.05, 4.69) is 10.6 Å². The molecule has 0 bridgehead atoms. The molecule has 4 heteroatoms. The smallest absolute Gasteiger partial charge is 0.238 e. The van der Waals surface area contributed by atoms with Gasteiger partial charge in [-0.15, -0.1) is 0 Å². The summed E-state index contributed by atoms with van der Waals surface area (Å²) in [6.07, 6.45) is 1.58. The second kappa shape index (κ2) is 7.13. The van der Waals surface area contributed by atoms with Crippen LogP contribution in [0.15, 0.2) is 30.3 Å². The largest absolute Gasteiger partial charge is 0.394 e. The first-order valence-corrected chi connectivity index (χ1v) is 6.36. The molecule has 100 valence electrons. The first-order chi connectivity index (χ1) is 8.65. The second-order valence-electron chi connectivity index (χ2n) is 4.41. The Kier molecular flexibility index (Phi) is 5.82. The van der Waals surface area contributed by atoms with Crippen molar-refractivity contribution in [2.75, 3.05) is 18.5 Å². The van der Waals surface area contributed by atoms with Crippen LogP contribution in [0.1, 0.15) is 26.7 Å². The van der Waals surface area contributed by atoms with E-state index < -0.39 is 0 Å². The zero-order valence-corrected chi connectivity index (χ0v) is 11.1. The lowest BCUT2D eigenvalue weighted by atomic mass is 9.94. The Morgan fingerprint density at radius 3 is 2.33 bits per heavy atom. The molecule has 0 unspecified atom stereocenters. The minimum Gasteiger partial charge on any atom is -0.394 e. The van der Waals surface area contributed by atoms with E-state index in [-0.39, 0.29) is 24.6 Å². The molecule has 0 aromatic heterocycles. The highest BCUT2D eigenvalue weighted by molar-refractivity contribution is 5.92. The van der Waals surface area contributed by atoms with Crippen LogP contribution in [0.3, 0.4) is 0 Å². The molecule has 0 atom stereocenters. The number of amides is 1. The van der Waals surface area contributed by atoms with Gasteiger partial charge in [-0.1, -0.05) is 32.0 Å². The van der Waals surface area contributed by atoms with Gasteiger partial charge in [0, 0.05) is 11.2 Å². The molecule has 1 aromatic rings. The molecule has 0 saturated heterocycles. The van der Waals surface area contributed by atoms with Gasteiger partial charge in [0.15, 0.2) is 0 Å². The molecule has 1 amide bonds. The molecule has 0 radical (unpaired) electrons. The summed E-state index contributed by atoms with van der Waals surface area (Å²) in [6.45, 7) is 4.25. The summed E-state index contributed by atoms with van der Waals surface area (Å²) in [4.78, 5) is 11.8. The molecule has 3 N–H and O–H groups in total. The maximum atomic E-state index is 11.8. The third-order valence-corrected chi connectivity index (χ3v) is 3.34. The van der Waals surface area contributed by atoms with E-state index in [0.717, 1.165) is 18.5 Å². The number of carbonyl (C=O) groups excluding carboxylic acids is 1. The minimum atomic E-state index is -0.353. The van der Waals surface area contributed by atoms with Crippen molar-refractivity contribution < 1.29 is 9.90 Å². The van der Waals surface area contributed by atoms with Crippen molar-refractivity contribution in [2.24, 2.45) is 0 Å². The zero-order valence-electron chi connectivity index (χ0n) is 11.1. The molecular formula is C14H22N2O2. The number of carbonyl (C=O) groups is 1. The van der Waals surface area contributed by atoms with Crippen LogP contribution >= 0.6 is 0 Å². The highest BCUT2D eigenvalue weighted by Crippen LogP contribution is 2.13. The van der Waals surface area contributed by atoms with Crippen LogP contribution in [0.5, 0.6) is 0 Å². The average Bonchev–Trinajstić information content (AvgIpc) is 2.42. The van der Waals surface area contributed by atoms with Crippen LogP contribution < -0.4 is 10.6 Å². The van der Waals surface area contributed by atoms with Crippen molar-refractivity contribution in [1.82, 2.24) is 5.32 Å². The number of benzene rings is 1. The van der Waals surface area contributed by atoms with E-state index in [9.17, 15) is 9.90 Å². The number of rotatable bonds is 7. The van der Waals surface area contributed by atoms with Crippen molar-refractivity contribution in [1.29, 1.82) is 0 Å². The summed E-state index contributed by atoms with van der Waals surface area (Å²) < 4.78 is 0. The number of para-hydroxylation sites is 1. The molecule has 0 aliphatic carbocycles. The SMILES string of the molecule is CCC(CC)(CO)NCC(=O)Nc1ccccc1. The second-order valence-corrected chi connectivity index (χ2v) is 4.41. The summed E-state index contributed by atoms with van der Waals surface area (Å²) in [5, 5.41) is 15.3. The summed E-state index contributed by atoms with van der Waals surface area (Å²) in [5.41, 5.74) is 0.431. The predicted octanol–water partition coefficient (Wildman–Crippen LogP) is 1.77. The molecule has 0 spiro atoms. The Morgan fingerprint density at radius 2 is 1.83 bits per heavy atom. The van der Waals surface area contributed by atoms with Crippen LogP contribution in [0.2, 0.25) is 0 Å². The van der Waals surface area contributed by atoms with Gasteiger partial charge >= 0.3 is 0 Å². The number of hydrogen-bond donors (Lipinski definition) is 3. The molecule has 0 saturated carbocycles. The molecule has 1 rings (SSSR count). The molecule has 0 heterocycles. The van der Waals surface area contributed by atoms with Crippen LogP contribution in [-0.4, -0.2) is 29.7 Å². The van der Waals surface area contributed by atoms with E-state index in [1.165, 1.54) is 0 Å².